The lowest BCUT2D eigenvalue weighted by atomic mass is 9.42. The molecule has 0 saturated heterocycles. The van der Waals surface area contributed by atoms with Gasteiger partial charge < -0.3 is 0 Å². The Morgan fingerprint density at radius 2 is 0.853 bits per heavy atom. The first kappa shape index (κ1) is 21.4. The van der Waals surface area contributed by atoms with Crippen LogP contribution in [0.1, 0.15) is 67.2 Å². The van der Waals surface area contributed by atoms with Crippen molar-refractivity contribution in [2.45, 2.75) is 61.2 Å². The van der Waals surface area contributed by atoms with E-state index in [4.69, 9.17) is 0 Å². The van der Waals surface area contributed by atoms with Crippen molar-refractivity contribution in [1.29, 1.82) is 0 Å². The quantitative estimate of drug-likeness (QED) is 0.297. The van der Waals surface area contributed by atoms with Gasteiger partial charge in [-0.2, -0.15) is 0 Å². The fourth-order valence-electron chi connectivity index (χ4n) is 7.87. The van der Waals surface area contributed by atoms with Crippen LogP contribution in [-0.2, 0) is 16.2 Å². The number of fused-ring (bicyclic) bond motifs is 2. The van der Waals surface area contributed by atoms with Crippen LogP contribution in [0.25, 0.3) is 0 Å². The monoisotopic (exact) mass is 442 g/mol. The van der Waals surface area contributed by atoms with E-state index >= 15 is 0 Å². The Hall–Kier alpha value is -3.12. The van der Waals surface area contributed by atoms with Crippen molar-refractivity contribution in [3.8, 4) is 0 Å². The molecule has 2 fully saturated rings. The lowest BCUT2D eigenvalue weighted by molar-refractivity contribution is 0.0463. The van der Waals surface area contributed by atoms with Crippen molar-refractivity contribution in [3.63, 3.8) is 0 Å². The molecule has 170 valence electrons. The first-order valence-electron chi connectivity index (χ1n) is 12.8. The molecule has 0 heterocycles. The van der Waals surface area contributed by atoms with Gasteiger partial charge >= 0.3 is 0 Å². The molecule has 4 aromatic rings. The van der Waals surface area contributed by atoms with Gasteiger partial charge in [-0.3, -0.25) is 0 Å². The van der Waals surface area contributed by atoms with Gasteiger partial charge in [0, 0.05) is 0 Å². The summed E-state index contributed by atoms with van der Waals surface area (Å²) >= 11 is 0. The second-order valence-electron chi connectivity index (χ2n) is 11.3. The van der Waals surface area contributed by atoms with Crippen LogP contribution in [0.3, 0.4) is 0 Å². The summed E-state index contributed by atoms with van der Waals surface area (Å²) in [7, 11) is 0. The number of hydrogen-bond acceptors (Lipinski definition) is 0. The van der Waals surface area contributed by atoms with Crippen LogP contribution >= 0.6 is 0 Å². The van der Waals surface area contributed by atoms with Gasteiger partial charge in [0.2, 0.25) is 0 Å². The van der Waals surface area contributed by atoms with Crippen molar-refractivity contribution >= 4 is 0 Å². The van der Waals surface area contributed by atoms with E-state index in [1.807, 2.05) is 0 Å². The second kappa shape index (κ2) is 8.27. The van der Waals surface area contributed by atoms with Crippen LogP contribution in [-0.4, -0.2) is 0 Å². The molecule has 0 spiro atoms. The summed E-state index contributed by atoms with van der Waals surface area (Å²) < 4.78 is 0. The summed E-state index contributed by atoms with van der Waals surface area (Å²) in [5, 5.41) is 0. The van der Waals surface area contributed by atoms with E-state index in [1.54, 1.807) is 0 Å². The highest BCUT2D eigenvalue weighted by atomic mass is 14.6. The summed E-state index contributed by atoms with van der Waals surface area (Å²) in [6, 6.07) is 45.6. The Labute approximate surface area is 204 Å². The number of benzene rings is 4. The third-order valence-electron chi connectivity index (χ3n) is 8.92. The van der Waals surface area contributed by atoms with Crippen LogP contribution in [0.5, 0.6) is 0 Å². The summed E-state index contributed by atoms with van der Waals surface area (Å²) in [6.45, 7) is 2.54. The predicted octanol–water partition coefficient (Wildman–Crippen LogP) is 8.58. The van der Waals surface area contributed by atoms with Crippen molar-refractivity contribution in [3.05, 3.63) is 144 Å². The SMILES string of the molecule is CC1(c2ccccc2)CC2(c3ccccc3)CC(c3ccccc3)C[C@@](c3ccccc3)(C1)C2. The van der Waals surface area contributed by atoms with Crippen LogP contribution < -0.4 is 0 Å². The Morgan fingerprint density at radius 3 is 1.29 bits per heavy atom. The maximum atomic E-state index is 2.54. The Balaban J connectivity index is 1.57. The molecule has 3 unspecified atom stereocenters. The normalized spacial score (nSPS) is 30.6. The van der Waals surface area contributed by atoms with Gasteiger partial charge in [-0.15, -0.1) is 0 Å². The van der Waals surface area contributed by atoms with E-state index in [9.17, 15) is 0 Å². The van der Waals surface area contributed by atoms with Gasteiger partial charge in [-0.1, -0.05) is 128 Å². The molecular formula is C34H34. The molecular weight excluding hydrogens is 408 g/mol. The van der Waals surface area contributed by atoms with Crippen LogP contribution in [0.15, 0.2) is 121 Å². The first-order chi connectivity index (χ1) is 16.6. The second-order valence-corrected chi connectivity index (χ2v) is 11.3. The molecule has 0 aromatic heterocycles. The molecule has 2 aliphatic carbocycles. The maximum Gasteiger partial charge on any atom is -0.00243 e. The number of hydrogen-bond donors (Lipinski definition) is 0. The Bertz CT molecular complexity index is 1160. The molecule has 0 N–H and O–H groups in total. The van der Waals surface area contributed by atoms with Crippen LogP contribution in [0.4, 0.5) is 0 Å². The van der Waals surface area contributed by atoms with E-state index in [2.05, 4.69) is 128 Å². The van der Waals surface area contributed by atoms with E-state index < -0.39 is 0 Å². The van der Waals surface area contributed by atoms with Crippen molar-refractivity contribution in [1.82, 2.24) is 0 Å². The highest BCUT2D eigenvalue weighted by Gasteiger charge is 2.58. The van der Waals surface area contributed by atoms with Gasteiger partial charge in [0.25, 0.3) is 0 Å². The van der Waals surface area contributed by atoms with E-state index in [-0.39, 0.29) is 16.2 Å². The van der Waals surface area contributed by atoms with Crippen LogP contribution in [0.2, 0.25) is 0 Å². The van der Waals surface area contributed by atoms with Gasteiger partial charge in [-0.05, 0) is 76.5 Å². The summed E-state index contributed by atoms with van der Waals surface area (Å²) in [5.74, 6) is 0.565. The van der Waals surface area contributed by atoms with Gasteiger partial charge in [0.15, 0.2) is 0 Å². The molecule has 0 aliphatic heterocycles. The molecule has 34 heavy (non-hydrogen) atoms. The smallest absolute Gasteiger partial charge is 0.00243 e. The number of rotatable bonds is 4. The lowest BCUT2D eigenvalue weighted by Crippen LogP contribution is -2.55. The standard InChI is InChI=1S/C34H34/c1-32(29-16-8-3-9-17-29)24-33(30-18-10-4-11-19-30)22-28(27-14-6-2-7-15-27)23-34(25-32,26-33)31-20-12-5-13-21-31/h2-21,28H,22-26H2,1H3/t28?,32?,33-,34?/m1/s1. The molecule has 0 nitrogen and oxygen atoms in total. The first-order valence-corrected chi connectivity index (χ1v) is 12.8. The third kappa shape index (κ3) is 3.61. The zero-order valence-electron chi connectivity index (χ0n) is 20.2. The third-order valence-corrected chi connectivity index (χ3v) is 8.92. The molecule has 4 atom stereocenters. The molecule has 2 saturated carbocycles. The van der Waals surface area contributed by atoms with Gasteiger partial charge in [-0.25, -0.2) is 0 Å². The Morgan fingerprint density at radius 1 is 0.471 bits per heavy atom. The fourth-order valence-corrected chi connectivity index (χ4v) is 7.87. The summed E-state index contributed by atoms with van der Waals surface area (Å²) in [6.07, 6.45) is 6.08. The predicted molar refractivity (Wildman–Crippen MR) is 142 cm³/mol. The topological polar surface area (TPSA) is 0 Å². The zero-order valence-corrected chi connectivity index (χ0v) is 20.2. The van der Waals surface area contributed by atoms with E-state index in [0.29, 0.717) is 5.92 Å². The molecule has 0 heteroatoms. The largest absolute Gasteiger partial charge is 0.0622 e. The molecule has 4 aromatic carbocycles. The minimum absolute atomic E-state index is 0.132. The molecule has 2 bridgehead atoms. The molecule has 0 radical (unpaired) electrons. The fraction of sp³-hybridized carbons (Fsp3) is 0.294. The summed E-state index contributed by atoms with van der Waals surface area (Å²) in [4.78, 5) is 0. The summed E-state index contributed by atoms with van der Waals surface area (Å²) in [5.41, 5.74) is 6.49. The highest BCUT2D eigenvalue weighted by Crippen LogP contribution is 2.65. The van der Waals surface area contributed by atoms with Crippen LogP contribution in [0, 0.1) is 0 Å². The van der Waals surface area contributed by atoms with Crippen molar-refractivity contribution in [2.75, 3.05) is 0 Å². The maximum absolute atomic E-state index is 2.54. The average molecular weight is 443 g/mol. The molecule has 0 amide bonds. The minimum atomic E-state index is 0.132. The van der Waals surface area contributed by atoms with E-state index in [0.717, 1.165) is 0 Å². The molecule has 6 rings (SSSR count). The zero-order chi connectivity index (χ0) is 23.1. The lowest BCUT2D eigenvalue weighted by Gasteiger charge is -2.61. The van der Waals surface area contributed by atoms with Gasteiger partial charge in [0.05, 0.1) is 0 Å². The minimum Gasteiger partial charge on any atom is -0.0622 e. The van der Waals surface area contributed by atoms with Crippen molar-refractivity contribution < 1.29 is 0 Å². The average Bonchev–Trinajstić information content (AvgIpc) is 2.90. The van der Waals surface area contributed by atoms with E-state index in [1.165, 1.54) is 54.4 Å². The molecule has 2 aliphatic rings. The Kier molecular flexibility index (Phi) is 5.21. The highest BCUT2D eigenvalue weighted by molar-refractivity contribution is 5.42. The van der Waals surface area contributed by atoms with Crippen molar-refractivity contribution in [2.24, 2.45) is 0 Å². The van der Waals surface area contributed by atoms with Gasteiger partial charge in [0.1, 0.15) is 0 Å².